The van der Waals surface area contributed by atoms with Crippen LogP contribution in [0.2, 0.25) is 0 Å². The maximum atomic E-state index is 12.4. The monoisotopic (exact) mass is 267 g/mol. The zero-order valence-corrected chi connectivity index (χ0v) is 12.7. The van der Waals surface area contributed by atoms with Crippen LogP contribution in [0.15, 0.2) is 0 Å². The van der Waals surface area contributed by atoms with Crippen molar-refractivity contribution in [3.8, 4) is 0 Å². The maximum Gasteiger partial charge on any atom is 0.224 e. The molecule has 2 aliphatic heterocycles. The van der Waals surface area contributed by atoms with Crippen molar-refractivity contribution in [1.29, 1.82) is 0 Å². The highest BCUT2D eigenvalue weighted by molar-refractivity contribution is 5.77. The molecule has 0 aromatic carbocycles. The van der Waals surface area contributed by atoms with Gasteiger partial charge in [0.05, 0.1) is 0 Å². The lowest BCUT2D eigenvalue weighted by atomic mass is 9.90. The molecule has 0 aliphatic carbocycles. The van der Waals surface area contributed by atoms with E-state index in [9.17, 15) is 4.79 Å². The van der Waals surface area contributed by atoms with Gasteiger partial charge in [-0.2, -0.15) is 0 Å². The quantitative estimate of drug-likeness (QED) is 0.837. The molecular weight excluding hydrogens is 238 g/mol. The van der Waals surface area contributed by atoms with Gasteiger partial charge < -0.3 is 15.1 Å². The summed E-state index contributed by atoms with van der Waals surface area (Å²) < 4.78 is 0. The molecule has 4 heteroatoms. The van der Waals surface area contributed by atoms with E-state index < -0.39 is 0 Å². The van der Waals surface area contributed by atoms with Gasteiger partial charge in [0.1, 0.15) is 0 Å². The maximum absolute atomic E-state index is 12.4. The molecule has 0 saturated carbocycles. The van der Waals surface area contributed by atoms with Gasteiger partial charge in [0.25, 0.3) is 0 Å². The fourth-order valence-electron chi connectivity index (χ4n) is 3.34. The highest BCUT2D eigenvalue weighted by Gasteiger charge is 2.28. The molecule has 2 fully saturated rings. The number of nitrogens with one attached hydrogen (secondary N) is 1. The molecule has 2 heterocycles. The highest BCUT2D eigenvalue weighted by atomic mass is 16.2. The number of piperidine rings is 2. The van der Waals surface area contributed by atoms with Gasteiger partial charge in [0.15, 0.2) is 0 Å². The number of nitrogens with zero attached hydrogens (tertiary/aromatic N) is 2. The van der Waals surface area contributed by atoms with E-state index in [1.807, 2.05) is 0 Å². The molecule has 110 valence electrons. The van der Waals surface area contributed by atoms with E-state index in [4.69, 9.17) is 0 Å². The lowest BCUT2D eigenvalue weighted by molar-refractivity contribution is -0.133. The number of rotatable bonds is 3. The zero-order valence-electron chi connectivity index (χ0n) is 12.7. The fraction of sp³-hybridized carbons (Fsp3) is 0.933. The molecule has 2 aliphatic rings. The summed E-state index contributed by atoms with van der Waals surface area (Å²) in [5.41, 5.74) is 0. The second kappa shape index (κ2) is 6.71. The SMILES string of the molecule is CC1CCCNC1CC(=O)N1CCC(N(C)C)CC1. The van der Waals surface area contributed by atoms with Crippen molar-refractivity contribution in [2.24, 2.45) is 5.92 Å². The fourth-order valence-corrected chi connectivity index (χ4v) is 3.34. The van der Waals surface area contributed by atoms with Gasteiger partial charge in [0, 0.05) is 31.6 Å². The molecule has 2 saturated heterocycles. The first-order valence-corrected chi connectivity index (χ1v) is 7.75. The van der Waals surface area contributed by atoms with Gasteiger partial charge >= 0.3 is 0 Å². The molecule has 1 N–H and O–H groups in total. The van der Waals surface area contributed by atoms with Crippen molar-refractivity contribution in [3.05, 3.63) is 0 Å². The van der Waals surface area contributed by atoms with Crippen molar-refractivity contribution >= 4 is 5.91 Å². The summed E-state index contributed by atoms with van der Waals surface area (Å²) >= 11 is 0. The molecule has 4 nitrogen and oxygen atoms in total. The zero-order chi connectivity index (χ0) is 13.8. The molecule has 0 radical (unpaired) electrons. The van der Waals surface area contributed by atoms with Crippen molar-refractivity contribution in [3.63, 3.8) is 0 Å². The first-order chi connectivity index (χ1) is 9.08. The van der Waals surface area contributed by atoms with E-state index in [1.165, 1.54) is 12.8 Å². The third-order valence-corrected chi connectivity index (χ3v) is 4.87. The van der Waals surface area contributed by atoms with E-state index in [1.54, 1.807) is 0 Å². The van der Waals surface area contributed by atoms with Crippen molar-refractivity contribution in [2.75, 3.05) is 33.7 Å². The molecule has 0 bridgehead atoms. The standard InChI is InChI=1S/C15H29N3O/c1-12-5-4-8-16-14(12)11-15(19)18-9-6-13(7-10-18)17(2)3/h12-14,16H,4-11H2,1-3H3. The molecule has 2 rings (SSSR count). The van der Waals surface area contributed by atoms with E-state index in [0.29, 0.717) is 30.3 Å². The second-order valence-corrected chi connectivity index (χ2v) is 6.46. The number of carbonyl (C=O) groups is 1. The summed E-state index contributed by atoms with van der Waals surface area (Å²) in [6.45, 7) is 5.21. The number of hydrogen-bond acceptors (Lipinski definition) is 3. The Morgan fingerprint density at radius 1 is 1.26 bits per heavy atom. The minimum Gasteiger partial charge on any atom is -0.343 e. The third kappa shape index (κ3) is 3.93. The molecule has 1 amide bonds. The first-order valence-electron chi connectivity index (χ1n) is 7.75. The van der Waals surface area contributed by atoms with Crippen LogP contribution < -0.4 is 5.32 Å². The van der Waals surface area contributed by atoms with Gasteiger partial charge in [-0.15, -0.1) is 0 Å². The van der Waals surface area contributed by atoms with Crippen LogP contribution >= 0.6 is 0 Å². The number of amides is 1. The summed E-state index contributed by atoms with van der Waals surface area (Å²) in [5, 5.41) is 3.51. The number of hydrogen-bond donors (Lipinski definition) is 1. The predicted molar refractivity (Wildman–Crippen MR) is 78.1 cm³/mol. The molecule has 0 aromatic heterocycles. The molecule has 19 heavy (non-hydrogen) atoms. The number of carbonyl (C=O) groups excluding carboxylic acids is 1. The average molecular weight is 267 g/mol. The Hall–Kier alpha value is -0.610. The van der Waals surface area contributed by atoms with E-state index in [2.05, 4.69) is 36.1 Å². The van der Waals surface area contributed by atoms with Crippen LogP contribution in [0.25, 0.3) is 0 Å². The molecule has 0 spiro atoms. The predicted octanol–water partition coefficient (Wildman–Crippen LogP) is 1.32. The Morgan fingerprint density at radius 3 is 2.53 bits per heavy atom. The Kier molecular flexibility index (Phi) is 5.22. The van der Waals surface area contributed by atoms with Gasteiger partial charge in [-0.25, -0.2) is 0 Å². The van der Waals surface area contributed by atoms with Crippen LogP contribution in [0.4, 0.5) is 0 Å². The molecule has 2 unspecified atom stereocenters. The Balaban J connectivity index is 1.78. The second-order valence-electron chi connectivity index (χ2n) is 6.46. The van der Waals surface area contributed by atoms with Gasteiger partial charge in [-0.1, -0.05) is 6.92 Å². The highest BCUT2D eigenvalue weighted by Crippen LogP contribution is 2.20. The summed E-state index contributed by atoms with van der Waals surface area (Å²) in [5.74, 6) is 0.987. The van der Waals surface area contributed by atoms with Crippen LogP contribution in [0.1, 0.15) is 39.0 Å². The Bertz CT molecular complexity index is 298. The number of likely N-dealkylation sites (tertiary alicyclic amines) is 1. The summed E-state index contributed by atoms with van der Waals surface area (Å²) in [7, 11) is 4.27. The minimum absolute atomic E-state index is 0.350. The normalized spacial score (nSPS) is 29.8. The smallest absolute Gasteiger partial charge is 0.224 e. The van der Waals surface area contributed by atoms with Crippen molar-refractivity contribution < 1.29 is 4.79 Å². The van der Waals surface area contributed by atoms with Crippen molar-refractivity contribution in [2.45, 2.75) is 51.1 Å². The lowest BCUT2D eigenvalue weighted by Crippen LogP contribution is -2.48. The van der Waals surface area contributed by atoms with Crippen LogP contribution in [-0.4, -0.2) is 61.5 Å². The van der Waals surface area contributed by atoms with Gasteiger partial charge in [-0.3, -0.25) is 4.79 Å². The van der Waals surface area contributed by atoms with E-state index >= 15 is 0 Å². The van der Waals surface area contributed by atoms with Crippen LogP contribution in [0.5, 0.6) is 0 Å². The largest absolute Gasteiger partial charge is 0.343 e. The first kappa shape index (κ1) is 14.8. The Morgan fingerprint density at radius 2 is 1.95 bits per heavy atom. The third-order valence-electron chi connectivity index (χ3n) is 4.87. The lowest BCUT2D eigenvalue weighted by Gasteiger charge is -2.37. The van der Waals surface area contributed by atoms with E-state index in [-0.39, 0.29) is 0 Å². The molecule has 2 atom stereocenters. The molecular formula is C15H29N3O. The van der Waals surface area contributed by atoms with Gasteiger partial charge in [-0.05, 0) is 52.2 Å². The van der Waals surface area contributed by atoms with Crippen molar-refractivity contribution in [1.82, 2.24) is 15.1 Å². The summed E-state index contributed by atoms with van der Waals surface area (Å²) in [6.07, 6.45) is 5.43. The van der Waals surface area contributed by atoms with E-state index in [0.717, 1.165) is 32.5 Å². The van der Waals surface area contributed by atoms with Gasteiger partial charge in [0.2, 0.25) is 5.91 Å². The topological polar surface area (TPSA) is 35.6 Å². The average Bonchev–Trinajstić information content (AvgIpc) is 2.41. The summed E-state index contributed by atoms with van der Waals surface area (Å²) in [6, 6.07) is 1.05. The molecule has 0 aromatic rings. The minimum atomic E-state index is 0.350. The van der Waals surface area contributed by atoms with Crippen LogP contribution in [0, 0.1) is 5.92 Å². The Labute approximate surface area is 117 Å². The summed E-state index contributed by atoms with van der Waals surface area (Å²) in [4.78, 5) is 16.7. The van der Waals surface area contributed by atoms with Crippen LogP contribution in [0.3, 0.4) is 0 Å². The van der Waals surface area contributed by atoms with Crippen LogP contribution in [-0.2, 0) is 4.79 Å².